The number of amides is 2. The van der Waals surface area contributed by atoms with E-state index in [1.165, 1.54) is 77.0 Å². The molecular weight excluding hydrogens is 428 g/mol. The Labute approximate surface area is 210 Å². The topological polar surface area (TPSA) is 81.1 Å². The molecule has 0 aromatic carbocycles. The number of nitrogens with zero attached hydrogens (tertiary/aromatic N) is 2. The molecule has 0 aliphatic carbocycles. The molecule has 0 unspecified atom stereocenters. The molecule has 2 N–H and O–H groups in total. The summed E-state index contributed by atoms with van der Waals surface area (Å²) in [5.41, 5.74) is 0. The fourth-order valence-electron chi connectivity index (χ4n) is 4.44. The van der Waals surface area contributed by atoms with E-state index in [1.54, 1.807) is 9.80 Å². The molecule has 0 aromatic heterocycles. The predicted octanol–water partition coefficient (Wildman–Crippen LogP) is 8.79. The number of hydrogen-bond acceptors (Lipinski definition) is 2. The summed E-state index contributed by atoms with van der Waals surface area (Å²) < 4.78 is 0. The van der Waals surface area contributed by atoms with Crippen LogP contribution in [-0.4, -0.2) is 58.4 Å². The van der Waals surface area contributed by atoms with Gasteiger partial charge in [0.2, 0.25) is 0 Å². The summed E-state index contributed by atoms with van der Waals surface area (Å²) in [7, 11) is 0. The molecule has 0 spiro atoms. The Morgan fingerprint density at radius 3 is 0.824 bits per heavy atom. The largest absolute Gasteiger partial charge is 0.465 e. The standard InChI is InChI=1S/C28H56N2O4/c1-3-5-7-9-11-13-15-19-23-29(27(31)32)25-21-17-18-22-26-30(28(33)34)24-20-16-14-12-10-8-6-4-2/h3-26H2,1-2H3,(H,31,32)(H,33,34). The average molecular weight is 485 g/mol. The summed E-state index contributed by atoms with van der Waals surface area (Å²) in [6.45, 7) is 6.90. The smallest absolute Gasteiger partial charge is 0.407 e. The van der Waals surface area contributed by atoms with Gasteiger partial charge in [-0.15, -0.1) is 0 Å². The summed E-state index contributed by atoms with van der Waals surface area (Å²) >= 11 is 0. The Bertz CT molecular complexity index is 431. The van der Waals surface area contributed by atoms with Crippen LogP contribution in [-0.2, 0) is 0 Å². The van der Waals surface area contributed by atoms with Crippen LogP contribution in [0, 0.1) is 0 Å². The van der Waals surface area contributed by atoms with Gasteiger partial charge < -0.3 is 20.0 Å². The highest BCUT2D eigenvalue weighted by atomic mass is 16.4. The lowest BCUT2D eigenvalue weighted by atomic mass is 10.1. The molecule has 6 heteroatoms. The van der Waals surface area contributed by atoms with Crippen LogP contribution >= 0.6 is 0 Å². The zero-order valence-corrected chi connectivity index (χ0v) is 22.6. The molecule has 6 nitrogen and oxygen atoms in total. The molecule has 0 aliphatic rings. The Kier molecular flexibility index (Phi) is 23.6. The van der Waals surface area contributed by atoms with E-state index in [4.69, 9.17) is 0 Å². The van der Waals surface area contributed by atoms with Crippen molar-refractivity contribution in [2.45, 2.75) is 142 Å². The molecule has 34 heavy (non-hydrogen) atoms. The van der Waals surface area contributed by atoms with Crippen molar-refractivity contribution in [3.8, 4) is 0 Å². The van der Waals surface area contributed by atoms with Crippen molar-refractivity contribution in [1.29, 1.82) is 0 Å². The first-order valence-corrected chi connectivity index (χ1v) is 14.5. The first-order chi connectivity index (χ1) is 16.5. The van der Waals surface area contributed by atoms with Gasteiger partial charge in [0.1, 0.15) is 0 Å². The lowest BCUT2D eigenvalue weighted by Gasteiger charge is -2.20. The van der Waals surface area contributed by atoms with Crippen LogP contribution in [0.1, 0.15) is 142 Å². The van der Waals surface area contributed by atoms with Crippen LogP contribution in [0.3, 0.4) is 0 Å². The van der Waals surface area contributed by atoms with E-state index >= 15 is 0 Å². The van der Waals surface area contributed by atoms with Crippen molar-refractivity contribution in [2.24, 2.45) is 0 Å². The van der Waals surface area contributed by atoms with Crippen LogP contribution in [0.2, 0.25) is 0 Å². The minimum atomic E-state index is -0.814. The Hall–Kier alpha value is -1.46. The summed E-state index contributed by atoms with van der Waals surface area (Å²) in [6, 6.07) is 0. The second kappa shape index (κ2) is 24.7. The van der Waals surface area contributed by atoms with Crippen LogP contribution in [0.5, 0.6) is 0 Å². The molecule has 0 bridgehead atoms. The third-order valence-corrected chi connectivity index (χ3v) is 6.71. The summed E-state index contributed by atoms with van der Waals surface area (Å²) in [5.74, 6) is 0. The molecule has 0 radical (unpaired) electrons. The molecule has 0 rings (SSSR count). The van der Waals surface area contributed by atoms with Gasteiger partial charge in [-0.3, -0.25) is 0 Å². The van der Waals surface area contributed by atoms with Crippen LogP contribution < -0.4 is 0 Å². The molecule has 0 saturated carbocycles. The highest BCUT2D eigenvalue weighted by Gasteiger charge is 2.12. The van der Waals surface area contributed by atoms with E-state index in [9.17, 15) is 19.8 Å². The maximum Gasteiger partial charge on any atom is 0.407 e. The number of rotatable bonds is 25. The van der Waals surface area contributed by atoms with Gasteiger partial charge in [-0.25, -0.2) is 9.59 Å². The van der Waals surface area contributed by atoms with Crippen LogP contribution in [0.4, 0.5) is 9.59 Å². The van der Waals surface area contributed by atoms with Crippen LogP contribution in [0.15, 0.2) is 0 Å². The zero-order valence-electron chi connectivity index (χ0n) is 22.6. The van der Waals surface area contributed by atoms with Gasteiger partial charge in [-0.05, 0) is 25.7 Å². The third kappa shape index (κ3) is 21.1. The van der Waals surface area contributed by atoms with E-state index in [1.807, 2.05) is 0 Å². The molecule has 0 heterocycles. The van der Waals surface area contributed by atoms with Crippen molar-refractivity contribution >= 4 is 12.2 Å². The number of carboxylic acid groups (broad SMARTS) is 2. The Morgan fingerprint density at radius 2 is 0.618 bits per heavy atom. The van der Waals surface area contributed by atoms with E-state index in [-0.39, 0.29) is 0 Å². The van der Waals surface area contributed by atoms with Gasteiger partial charge >= 0.3 is 12.2 Å². The summed E-state index contributed by atoms with van der Waals surface area (Å²) in [4.78, 5) is 26.1. The van der Waals surface area contributed by atoms with Gasteiger partial charge in [-0.1, -0.05) is 117 Å². The predicted molar refractivity (Wildman–Crippen MR) is 143 cm³/mol. The third-order valence-electron chi connectivity index (χ3n) is 6.71. The molecule has 2 amide bonds. The number of unbranched alkanes of at least 4 members (excludes halogenated alkanes) is 17. The van der Waals surface area contributed by atoms with Crippen molar-refractivity contribution in [3.63, 3.8) is 0 Å². The number of carbonyl (C=O) groups is 2. The minimum Gasteiger partial charge on any atom is -0.465 e. The van der Waals surface area contributed by atoms with Gasteiger partial charge in [0.25, 0.3) is 0 Å². The Balaban J connectivity index is 3.78. The van der Waals surface area contributed by atoms with Gasteiger partial charge in [0.05, 0.1) is 0 Å². The van der Waals surface area contributed by atoms with Crippen LogP contribution in [0.25, 0.3) is 0 Å². The van der Waals surface area contributed by atoms with Crippen molar-refractivity contribution in [2.75, 3.05) is 26.2 Å². The molecule has 0 fully saturated rings. The summed E-state index contributed by atoms with van der Waals surface area (Å²) in [5, 5.41) is 18.9. The van der Waals surface area contributed by atoms with E-state index in [0.29, 0.717) is 26.2 Å². The van der Waals surface area contributed by atoms with Crippen molar-refractivity contribution < 1.29 is 19.8 Å². The van der Waals surface area contributed by atoms with Gasteiger partial charge in [0, 0.05) is 26.2 Å². The lowest BCUT2D eigenvalue weighted by molar-refractivity contribution is 0.140. The number of hydrogen-bond donors (Lipinski definition) is 2. The van der Waals surface area contributed by atoms with E-state index in [0.717, 1.165) is 51.4 Å². The molecule has 0 saturated heterocycles. The lowest BCUT2D eigenvalue weighted by Crippen LogP contribution is -2.32. The molecule has 0 atom stereocenters. The quantitative estimate of drug-likeness (QED) is 0.127. The first kappa shape index (κ1) is 32.5. The second-order valence-corrected chi connectivity index (χ2v) is 9.90. The van der Waals surface area contributed by atoms with E-state index < -0.39 is 12.2 Å². The fourth-order valence-corrected chi connectivity index (χ4v) is 4.44. The highest BCUT2D eigenvalue weighted by molar-refractivity contribution is 5.65. The average Bonchev–Trinajstić information content (AvgIpc) is 2.81. The summed E-state index contributed by atoms with van der Waals surface area (Å²) in [6.07, 6.45) is 21.5. The second-order valence-electron chi connectivity index (χ2n) is 9.90. The molecular formula is C28H56N2O4. The molecule has 202 valence electrons. The Morgan fingerprint density at radius 1 is 0.412 bits per heavy atom. The first-order valence-electron chi connectivity index (χ1n) is 14.5. The maximum atomic E-state index is 11.5. The van der Waals surface area contributed by atoms with Gasteiger partial charge in [-0.2, -0.15) is 0 Å². The van der Waals surface area contributed by atoms with Crippen molar-refractivity contribution in [3.05, 3.63) is 0 Å². The monoisotopic (exact) mass is 484 g/mol. The SMILES string of the molecule is CCCCCCCCCCN(CCCCCCN(CCCCCCCCCC)C(=O)O)C(=O)O. The fraction of sp³-hybridized carbons (Fsp3) is 0.929. The normalized spacial score (nSPS) is 11.0. The highest BCUT2D eigenvalue weighted by Crippen LogP contribution is 2.11. The zero-order chi connectivity index (χ0) is 25.3. The maximum absolute atomic E-state index is 11.5. The van der Waals surface area contributed by atoms with Gasteiger partial charge in [0.15, 0.2) is 0 Å². The molecule has 0 aliphatic heterocycles. The van der Waals surface area contributed by atoms with Crippen molar-refractivity contribution in [1.82, 2.24) is 9.80 Å². The minimum absolute atomic E-state index is 0.590. The van der Waals surface area contributed by atoms with E-state index in [2.05, 4.69) is 13.8 Å². The molecule has 0 aromatic rings.